The molecule has 0 spiro atoms. The summed E-state index contributed by atoms with van der Waals surface area (Å²) in [7, 11) is 1.69. The van der Waals surface area contributed by atoms with Crippen LogP contribution in [0.1, 0.15) is 30.9 Å². The first-order chi connectivity index (χ1) is 7.31. The van der Waals surface area contributed by atoms with Gasteiger partial charge >= 0.3 is 0 Å². The van der Waals surface area contributed by atoms with Crippen molar-refractivity contribution in [3.63, 3.8) is 0 Å². The van der Waals surface area contributed by atoms with E-state index in [1.54, 1.807) is 7.11 Å². The van der Waals surface area contributed by atoms with E-state index in [0.29, 0.717) is 6.04 Å². The smallest absolute Gasteiger partial charge is 0.133 e. The van der Waals surface area contributed by atoms with E-state index in [0.717, 1.165) is 16.8 Å². The predicted molar refractivity (Wildman–Crippen MR) is 65.3 cm³/mol. The van der Waals surface area contributed by atoms with Gasteiger partial charge in [-0.15, -0.1) is 0 Å². The number of hydrogen-bond acceptors (Lipinski definition) is 2. The Morgan fingerprint density at radius 1 is 1.40 bits per heavy atom. The summed E-state index contributed by atoms with van der Waals surface area (Å²) in [5.74, 6) is 0.898. The van der Waals surface area contributed by atoms with Crippen LogP contribution in [0.15, 0.2) is 22.7 Å². The summed E-state index contributed by atoms with van der Waals surface area (Å²) in [6.45, 7) is 1.13. The van der Waals surface area contributed by atoms with Crippen LogP contribution in [0.25, 0.3) is 0 Å². The zero-order valence-corrected chi connectivity index (χ0v) is 10.5. The van der Waals surface area contributed by atoms with E-state index in [1.807, 2.05) is 6.07 Å². The van der Waals surface area contributed by atoms with Crippen molar-refractivity contribution in [3.05, 3.63) is 28.2 Å². The van der Waals surface area contributed by atoms with Gasteiger partial charge in [-0.2, -0.15) is 0 Å². The Kier molecular flexibility index (Phi) is 3.65. The average molecular weight is 270 g/mol. The molecule has 1 aromatic rings. The Morgan fingerprint density at radius 2 is 2.27 bits per heavy atom. The van der Waals surface area contributed by atoms with E-state index in [4.69, 9.17) is 4.74 Å². The van der Waals surface area contributed by atoms with E-state index in [9.17, 15) is 0 Å². The maximum atomic E-state index is 5.22. The minimum atomic E-state index is 0.515. The maximum Gasteiger partial charge on any atom is 0.133 e. The zero-order chi connectivity index (χ0) is 10.7. The summed E-state index contributed by atoms with van der Waals surface area (Å²) in [5, 5.41) is 3.54. The number of rotatable bonds is 2. The van der Waals surface area contributed by atoms with Crippen molar-refractivity contribution in [2.24, 2.45) is 0 Å². The van der Waals surface area contributed by atoms with Gasteiger partial charge in [-0.1, -0.05) is 12.5 Å². The van der Waals surface area contributed by atoms with Crippen LogP contribution >= 0.6 is 15.9 Å². The number of ether oxygens (including phenoxy) is 1. The van der Waals surface area contributed by atoms with Gasteiger partial charge in [0.2, 0.25) is 0 Å². The lowest BCUT2D eigenvalue weighted by atomic mass is 9.97. The standard InChI is InChI=1S/C12H16BrNO/c1-15-12-6-5-9(8-10(12)13)11-4-2-3-7-14-11/h5-6,8,11,14H,2-4,7H2,1H3/t11-/m0/s1. The minimum absolute atomic E-state index is 0.515. The van der Waals surface area contributed by atoms with E-state index in [1.165, 1.54) is 24.8 Å². The lowest BCUT2D eigenvalue weighted by Crippen LogP contribution is -2.26. The Balaban J connectivity index is 2.17. The second-order valence-corrected chi connectivity index (χ2v) is 4.75. The van der Waals surface area contributed by atoms with Crippen LogP contribution in [-0.2, 0) is 0 Å². The number of methoxy groups -OCH3 is 1. The Hall–Kier alpha value is -0.540. The summed E-state index contributed by atoms with van der Waals surface area (Å²) >= 11 is 3.52. The molecule has 15 heavy (non-hydrogen) atoms. The molecular formula is C12H16BrNO. The molecule has 1 aliphatic heterocycles. The van der Waals surface area contributed by atoms with Gasteiger partial charge in [-0.25, -0.2) is 0 Å². The number of hydrogen-bond donors (Lipinski definition) is 1. The molecule has 3 heteroatoms. The average Bonchev–Trinajstić information content (AvgIpc) is 2.30. The van der Waals surface area contributed by atoms with Gasteiger partial charge in [0.05, 0.1) is 11.6 Å². The highest BCUT2D eigenvalue weighted by molar-refractivity contribution is 9.10. The van der Waals surface area contributed by atoms with Crippen LogP contribution in [0.2, 0.25) is 0 Å². The zero-order valence-electron chi connectivity index (χ0n) is 8.92. The molecule has 2 rings (SSSR count). The first-order valence-corrected chi connectivity index (χ1v) is 6.17. The molecule has 0 aromatic heterocycles. The quantitative estimate of drug-likeness (QED) is 0.890. The van der Waals surface area contributed by atoms with Crippen molar-refractivity contribution in [1.29, 1.82) is 0 Å². The van der Waals surface area contributed by atoms with E-state index in [2.05, 4.69) is 33.4 Å². The van der Waals surface area contributed by atoms with Crippen LogP contribution in [0.3, 0.4) is 0 Å². The number of halogens is 1. The van der Waals surface area contributed by atoms with Gasteiger partial charge < -0.3 is 10.1 Å². The molecule has 1 aliphatic rings. The molecule has 0 aliphatic carbocycles. The van der Waals surface area contributed by atoms with Gasteiger partial charge in [0.1, 0.15) is 5.75 Å². The molecule has 0 saturated carbocycles. The maximum absolute atomic E-state index is 5.22. The monoisotopic (exact) mass is 269 g/mol. The molecule has 82 valence electrons. The highest BCUT2D eigenvalue weighted by Gasteiger charge is 2.15. The molecule has 2 nitrogen and oxygen atoms in total. The normalized spacial score (nSPS) is 21.3. The van der Waals surface area contributed by atoms with E-state index in [-0.39, 0.29) is 0 Å². The van der Waals surface area contributed by atoms with Crippen LogP contribution in [0.4, 0.5) is 0 Å². The summed E-state index contributed by atoms with van der Waals surface area (Å²) < 4.78 is 6.26. The summed E-state index contributed by atoms with van der Waals surface area (Å²) in [6, 6.07) is 6.84. The van der Waals surface area contributed by atoms with Gasteiger partial charge in [-0.3, -0.25) is 0 Å². The van der Waals surface area contributed by atoms with Crippen molar-refractivity contribution >= 4 is 15.9 Å². The third-order valence-corrected chi connectivity index (χ3v) is 3.51. The SMILES string of the molecule is COc1ccc([C@@H]2CCCCN2)cc1Br. The third-order valence-electron chi connectivity index (χ3n) is 2.89. The van der Waals surface area contributed by atoms with Crippen LogP contribution in [-0.4, -0.2) is 13.7 Å². The lowest BCUT2D eigenvalue weighted by molar-refractivity contribution is 0.404. The summed E-state index contributed by atoms with van der Waals surface area (Å²) in [4.78, 5) is 0. The molecule has 1 saturated heterocycles. The molecular weight excluding hydrogens is 254 g/mol. The van der Waals surface area contributed by atoms with Gasteiger partial charge in [0.25, 0.3) is 0 Å². The van der Waals surface area contributed by atoms with Gasteiger partial charge in [0.15, 0.2) is 0 Å². The second kappa shape index (κ2) is 4.99. The molecule has 0 unspecified atom stereocenters. The largest absolute Gasteiger partial charge is 0.496 e. The first kappa shape index (κ1) is 11.0. The fourth-order valence-electron chi connectivity index (χ4n) is 2.04. The van der Waals surface area contributed by atoms with Crippen LogP contribution < -0.4 is 10.1 Å². The Labute approximate surface area is 99.1 Å². The van der Waals surface area contributed by atoms with Crippen molar-refractivity contribution < 1.29 is 4.74 Å². The molecule has 0 bridgehead atoms. The number of nitrogens with one attached hydrogen (secondary N) is 1. The van der Waals surface area contributed by atoms with E-state index < -0.39 is 0 Å². The van der Waals surface area contributed by atoms with Crippen molar-refractivity contribution in [2.75, 3.05) is 13.7 Å². The number of benzene rings is 1. The minimum Gasteiger partial charge on any atom is -0.496 e. The van der Waals surface area contributed by atoms with Crippen LogP contribution in [0, 0.1) is 0 Å². The fraction of sp³-hybridized carbons (Fsp3) is 0.500. The number of piperidine rings is 1. The van der Waals surface area contributed by atoms with Crippen molar-refractivity contribution in [2.45, 2.75) is 25.3 Å². The van der Waals surface area contributed by atoms with E-state index >= 15 is 0 Å². The van der Waals surface area contributed by atoms with Crippen molar-refractivity contribution in [3.8, 4) is 5.75 Å². The molecule has 1 fully saturated rings. The predicted octanol–water partition coefficient (Wildman–Crippen LogP) is 3.27. The molecule has 1 aromatic carbocycles. The Morgan fingerprint density at radius 3 is 2.87 bits per heavy atom. The fourth-order valence-corrected chi connectivity index (χ4v) is 2.59. The van der Waals surface area contributed by atoms with Crippen molar-refractivity contribution in [1.82, 2.24) is 5.32 Å². The first-order valence-electron chi connectivity index (χ1n) is 5.38. The lowest BCUT2D eigenvalue weighted by Gasteiger charge is -2.24. The van der Waals surface area contributed by atoms with Crippen LogP contribution in [0.5, 0.6) is 5.75 Å². The highest BCUT2D eigenvalue weighted by atomic mass is 79.9. The molecule has 0 amide bonds. The van der Waals surface area contributed by atoms with Gasteiger partial charge in [-0.05, 0) is 53.0 Å². The molecule has 1 heterocycles. The summed E-state index contributed by atoms with van der Waals surface area (Å²) in [5.41, 5.74) is 1.35. The summed E-state index contributed by atoms with van der Waals surface area (Å²) in [6.07, 6.45) is 3.86. The van der Waals surface area contributed by atoms with Gasteiger partial charge in [0, 0.05) is 6.04 Å². The molecule has 0 radical (unpaired) electrons. The third kappa shape index (κ3) is 2.52. The highest BCUT2D eigenvalue weighted by Crippen LogP contribution is 2.30. The Bertz CT molecular complexity index is 334. The second-order valence-electron chi connectivity index (χ2n) is 3.90. The topological polar surface area (TPSA) is 21.3 Å². The molecule has 1 atom stereocenters. The molecule has 1 N–H and O–H groups in total.